The predicted octanol–water partition coefficient (Wildman–Crippen LogP) is 4.61. The van der Waals surface area contributed by atoms with Crippen molar-refractivity contribution in [2.24, 2.45) is 0 Å². The zero-order valence-corrected chi connectivity index (χ0v) is 15.9. The van der Waals surface area contributed by atoms with Crippen LogP contribution >= 0.6 is 31.9 Å². The third-order valence-corrected chi connectivity index (χ3v) is 4.69. The summed E-state index contributed by atoms with van der Waals surface area (Å²) in [6, 6.07) is 9.04. The Bertz CT molecular complexity index is 866. The minimum absolute atomic E-state index is 0.114. The standard InChI is InChI=1S/C17H14Br2N2O3/c1-10(14-5-3-7-23-14)21-15(22)9-24-17-13(19)8-12(18)11-4-2-6-20-16(11)17/h2-8,10H,9H2,1H3,(H,21,22)/t10-/m1/s1. The molecule has 124 valence electrons. The maximum absolute atomic E-state index is 12.1. The normalized spacial score (nSPS) is 12.1. The number of rotatable bonds is 5. The highest BCUT2D eigenvalue weighted by Gasteiger charge is 2.15. The maximum atomic E-state index is 12.1. The van der Waals surface area contributed by atoms with Crippen molar-refractivity contribution in [2.45, 2.75) is 13.0 Å². The summed E-state index contributed by atoms with van der Waals surface area (Å²) in [5.41, 5.74) is 0.686. The van der Waals surface area contributed by atoms with Crippen molar-refractivity contribution in [1.29, 1.82) is 0 Å². The number of pyridine rings is 1. The van der Waals surface area contributed by atoms with Crippen molar-refractivity contribution in [1.82, 2.24) is 10.3 Å². The van der Waals surface area contributed by atoms with Crippen LogP contribution in [0.2, 0.25) is 0 Å². The van der Waals surface area contributed by atoms with Crippen LogP contribution < -0.4 is 10.1 Å². The molecule has 2 aromatic heterocycles. The van der Waals surface area contributed by atoms with E-state index in [4.69, 9.17) is 9.15 Å². The molecule has 0 unspecified atom stereocenters. The Morgan fingerprint density at radius 1 is 1.33 bits per heavy atom. The van der Waals surface area contributed by atoms with Crippen LogP contribution in [-0.4, -0.2) is 17.5 Å². The van der Waals surface area contributed by atoms with Crippen molar-refractivity contribution < 1.29 is 13.9 Å². The molecule has 0 bridgehead atoms. The molecule has 1 N–H and O–H groups in total. The van der Waals surface area contributed by atoms with Gasteiger partial charge in [0.05, 0.1) is 16.8 Å². The first kappa shape index (κ1) is 17.0. The molecule has 5 nitrogen and oxygen atoms in total. The molecule has 1 amide bonds. The summed E-state index contributed by atoms with van der Waals surface area (Å²) in [5.74, 6) is 0.993. The summed E-state index contributed by atoms with van der Waals surface area (Å²) < 4.78 is 12.6. The zero-order chi connectivity index (χ0) is 17.1. The highest BCUT2D eigenvalue weighted by Crippen LogP contribution is 2.37. The van der Waals surface area contributed by atoms with E-state index in [2.05, 4.69) is 42.2 Å². The third kappa shape index (κ3) is 3.62. The van der Waals surface area contributed by atoms with Crippen LogP contribution in [0.5, 0.6) is 5.75 Å². The minimum atomic E-state index is -0.238. The number of hydrogen-bond donors (Lipinski definition) is 1. The number of nitrogens with one attached hydrogen (secondary N) is 1. The van der Waals surface area contributed by atoms with E-state index in [1.54, 1.807) is 18.5 Å². The van der Waals surface area contributed by atoms with Crippen molar-refractivity contribution in [3.05, 3.63) is 57.5 Å². The van der Waals surface area contributed by atoms with Crippen LogP contribution in [0, 0.1) is 0 Å². The summed E-state index contributed by atoms with van der Waals surface area (Å²) in [4.78, 5) is 16.5. The smallest absolute Gasteiger partial charge is 0.258 e. The Balaban J connectivity index is 1.73. The number of carbonyl (C=O) groups is 1. The molecule has 3 aromatic rings. The van der Waals surface area contributed by atoms with Crippen molar-refractivity contribution in [2.75, 3.05) is 6.61 Å². The number of benzene rings is 1. The molecule has 0 aliphatic heterocycles. The molecule has 24 heavy (non-hydrogen) atoms. The average Bonchev–Trinajstić information content (AvgIpc) is 3.09. The lowest BCUT2D eigenvalue weighted by molar-refractivity contribution is -0.123. The van der Waals surface area contributed by atoms with Gasteiger partial charge in [0.2, 0.25) is 0 Å². The molecule has 1 aromatic carbocycles. The molecule has 0 fully saturated rings. The van der Waals surface area contributed by atoms with Crippen LogP contribution in [0.25, 0.3) is 10.9 Å². The number of amides is 1. The molecule has 0 radical (unpaired) electrons. The first-order valence-corrected chi connectivity index (χ1v) is 8.83. The lowest BCUT2D eigenvalue weighted by atomic mass is 10.2. The van der Waals surface area contributed by atoms with Crippen molar-refractivity contribution >= 4 is 48.7 Å². The van der Waals surface area contributed by atoms with Gasteiger partial charge in [0.1, 0.15) is 11.3 Å². The van der Waals surface area contributed by atoms with Crippen molar-refractivity contribution in [3.8, 4) is 5.75 Å². The predicted molar refractivity (Wildman–Crippen MR) is 97.9 cm³/mol. The van der Waals surface area contributed by atoms with E-state index in [-0.39, 0.29) is 18.6 Å². The fraction of sp³-hybridized carbons (Fsp3) is 0.176. The van der Waals surface area contributed by atoms with E-state index in [0.717, 1.165) is 14.3 Å². The molecule has 0 aliphatic rings. The summed E-state index contributed by atoms with van der Waals surface area (Å²) in [6.45, 7) is 1.74. The molecular weight excluding hydrogens is 440 g/mol. The van der Waals surface area contributed by atoms with Crippen LogP contribution in [0.15, 0.2) is 56.2 Å². The minimum Gasteiger partial charge on any atom is -0.480 e. The number of hydrogen-bond acceptors (Lipinski definition) is 4. The molecule has 7 heteroatoms. The summed E-state index contributed by atoms with van der Waals surface area (Å²) in [6.07, 6.45) is 3.26. The van der Waals surface area contributed by atoms with E-state index in [1.165, 1.54) is 0 Å². The number of fused-ring (bicyclic) bond motifs is 1. The average molecular weight is 454 g/mol. The van der Waals surface area contributed by atoms with Gasteiger partial charge in [-0.2, -0.15) is 0 Å². The molecule has 0 spiro atoms. The Kier molecular flexibility index (Phi) is 5.20. The summed E-state index contributed by atoms with van der Waals surface area (Å²) >= 11 is 6.96. The first-order valence-electron chi connectivity index (χ1n) is 7.24. The fourth-order valence-corrected chi connectivity index (χ4v) is 3.70. The molecule has 2 heterocycles. The SMILES string of the molecule is C[C@@H](NC(=O)COc1c(Br)cc(Br)c2cccnc12)c1ccco1. The quantitative estimate of drug-likeness (QED) is 0.612. The third-order valence-electron chi connectivity index (χ3n) is 3.45. The van der Waals surface area contributed by atoms with Crippen molar-refractivity contribution in [3.63, 3.8) is 0 Å². The van der Waals surface area contributed by atoms with Crippen LogP contribution in [0.4, 0.5) is 0 Å². The number of ether oxygens (including phenoxy) is 1. The van der Waals surface area contributed by atoms with Crippen LogP contribution in [0.1, 0.15) is 18.7 Å². The van der Waals surface area contributed by atoms with Crippen LogP contribution in [0.3, 0.4) is 0 Å². The highest BCUT2D eigenvalue weighted by molar-refractivity contribution is 9.11. The monoisotopic (exact) mass is 452 g/mol. The van der Waals surface area contributed by atoms with Gasteiger partial charge in [0.15, 0.2) is 12.4 Å². The second-order valence-electron chi connectivity index (χ2n) is 5.16. The molecular formula is C17H14Br2N2O3. The lowest BCUT2D eigenvalue weighted by Crippen LogP contribution is -2.31. The van der Waals surface area contributed by atoms with Gasteiger partial charge in [-0.3, -0.25) is 9.78 Å². The van der Waals surface area contributed by atoms with Gasteiger partial charge < -0.3 is 14.5 Å². The van der Waals surface area contributed by atoms with E-state index >= 15 is 0 Å². The van der Waals surface area contributed by atoms with Gasteiger partial charge in [-0.1, -0.05) is 22.0 Å². The van der Waals surface area contributed by atoms with E-state index in [9.17, 15) is 4.79 Å². The Morgan fingerprint density at radius 3 is 2.92 bits per heavy atom. The molecule has 0 saturated heterocycles. The van der Waals surface area contributed by atoms with E-state index in [0.29, 0.717) is 17.0 Å². The number of halogens is 2. The lowest BCUT2D eigenvalue weighted by Gasteiger charge is -2.14. The second-order valence-corrected chi connectivity index (χ2v) is 6.87. The fourth-order valence-electron chi connectivity index (χ4n) is 2.31. The number of furan rings is 1. The van der Waals surface area contributed by atoms with Crippen LogP contribution in [-0.2, 0) is 4.79 Å². The largest absolute Gasteiger partial charge is 0.480 e. The number of carbonyl (C=O) groups excluding carboxylic acids is 1. The van der Waals surface area contributed by atoms with Gasteiger partial charge in [-0.25, -0.2) is 0 Å². The Morgan fingerprint density at radius 2 is 2.17 bits per heavy atom. The number of aromatic nitrogens is 1. The van der Waals surface area contributed by atoms with E-state index in [1.807, 2.05) is 31.2 Å². The molecule has 1 atom stereocenters. The number of nitrogens with zero attached hydrogens (tertiary/aromatic N) is 1. The molecule has 3 rings (SSSR count). The molecule has 0 aliphatic carbocycles. The van der Waals surface area contributed by atoms with Gasteiger partial charge in [0, 0.05) is 16.1 Å². The van der Waals surface area contributed by atoms with E-state index < -0.39 is 0 Å². The first-order chi connectivity index (χ1) is 11.6. The highest BCUT2D eigenvalue weighted by atomic mass is 79.9. The van der Waals surface area contributed by atoms with Gasteiger partial charge >= 0.3 is 0 Å². The summed E-state index contributed by atoms with van der Waals surface area (Å²) in [7, 11) is 0. The molecule has 0 saturated carbocycles. The zero-order valence-electron chi connectivity index (χ0n) is 12.8. The van der Waals surface area contributed by atoms with Gasteiger partial charge in [-0.05, 0) is 47.1 Å². The second kappa shape index (κ2) is 7.36. The maximum Gasteiger partial charge on any atom is 0.258 e. The topological polar surface area (TPSA) is 64.4 Å². The Labute approximate surface area is 155 Å². The Hall–Kier alpha value is -1.86. The summed E-state index contributed by atoms with van der Waals surface area (Å²) in [5, 5.41) is 3.75. The van der Waals surface area contributed by atoms with Gasteiger partial charge in [0.25, 0.3) is 5.91 Å². The van der Waals surface area contributed by atoms with Gasteiger partial charge in [-0.15, -0.1) is 0 Å².